The normalized spacial score (nSPS) is 14.7. The van der Waals surface area contributed by atoms with Gasteiger partial charge in [-0.3, -0.25) is 4.79 Å². The van der Waals surface area contributed by atoms with Gasteiger partial charge in [-0.1, -0.05) is 19.9 Å². The smallest absolute Gasteiger partial charge is 0.220 e. The van der Waals surface area contributed by atoms with E-state index in [1.54, 1.807) is 7.11 Å². The first-order valence-corrected chi connectivity index (χ1v) is 7.79. The van der Waals surface area contributed by atoms with Crippen molar-refractivity contribution in [1.29, 1.82) is 0 Å². The number of hydrogen-bond donors (Lipinski definition) is 1. The van der Waals surface area contributed by atoms with Crippen molar-refractivity contribution in [3.8, 4) is 11.5 Å². The Hall–Kier alpha value is -1.75. The second-order valence-corrected chi connectivity index (χ2v) is 5.79. The van der Waals surface area contributed by atoms with Crippen LogP contribution in [0.2, 0.25) is 0 Å². The number of nitrogens with one attached hydrogen (secondary N) is 1. The van der Waals surface area contributed by atoms with Crippen LogP contribution in [-0.2, 0) is 9.53 Å². The fourth-order valence-electron chi connectivity index (χ4n) is 2.51. The maximum Gasteiger partial charge on any atom is 0.220 e. The van der Waals surface area contributed by atoms with E-state index in [-0.39, 0.29) is 17.9 Å². The molecule has 0 radical (unpaired) electrons. The molecule has 1 atom stereocenters. The molecule has 0 aliphatic carbocycles. The predicted molar refractivity (Wildman–Crippen MR) is 84.3 cm³/mol. The Kier molecular flexibility index (Phi) is 6.07. The number of rotatable bonds is 7. The molecule has 0 bridgehead atoms. The summed E-state index contributed by atoms with van der Waals surface area (Å²) in [5.41, 5.74) is 1.04. The summed E-state index contributed by atoms with van der Waals surface area (Å²) in [6, 6.07) is 5.84. The Morgan fingerprint density at radius 1 is 1.27 bits per heavy atom. The molecule has 0 saturated heterocycles. The van der Waals surface area contributed by atoms with Gasteiger partial charge < -0.3 is 19.5 Å². The molecule has 1 aromatic carbocycles. The molecule has 22 heavy (non-hydrogen) atoms. The molecule has 1 unspecified atom stereocenters. The minimum Gasteiger partial charge on any atom is -0.486 e. The molecule has 1 amide bonds. The third kappa shape index (κ3) is 4.37. The molecule has 1 aliphatic rings. The summed E-state index contributed by atoms with van der Waals surface area (Å²) >= 11 is 0. The van der Waals surface area contributed by atoms with Crippen LogP contribution in [0.15, 0.2) is 18.2 Å². The second kappa shape index (κ2) is 8.03. The van der Waals surface area contributed by atoms with Crippen LogP contribution in [0.3, 0.4) is 0 Å². The molecular formula is C17H25NO4. The zero-order valence-electron chi connectivity index (χ0n) is 13.6. The summed E-state index contributed by atoms with van der Waals surface area (Å²) in [6.45, 7) is 5.93. The predicted octanol–water partition coefficient (Wildman–Crippen LogP) is 2.70. The van der Waals surface area contributed by atoms with E-state index < -0.39 is 0 Å². The van der Waals surface area contributed by atoms with Gasteiger partial charge in [0.2, 0.25) is 5.91 Å². The van der Waals surface area contributed by atoms with E-state index in [0.29, 0.717) is 26.2 Å². The highest BCUT2D eigenvalue weighted by atomic mass is 16.6. The minimum atomic E-state index is -0.0362. The number of methoxy groups -OCH3 is 1. The summed E-state index contributed by atoms with van der Waals surface area (Å²) < 4.78 is 16.1. The number of amides is 1. The summed E-state index contributed by atoms with van der Waals surface area (Å²) in [5.74, 6) is 1.85. The molecule has 1 aliphatic heterocycles. The minimum absolute atomic E-state index is 0.0362. The van der Waals surface area contributed by atoms with Gasteiger partial charge in [0.15, 0.2) is 11.5 Å². The fourth-order valence-corrected chi connectivity index (χ4v) is 2.51. The Balaban J connectivity index is 2.06. The highest BCUT2D eigenvalue weighted by Crippen LogP contribution is 2.34. The van der Waals surface area contributed by atoms with Crippen LogP contribution < -0.4 is 14.8 Å². The molecule has 5 heteroatoms. The van der Waals surface area contributed by atoms with E-state index in [1.807, 2.05) is 18.2 Å². The van der Waals surface area contributed by atoms with Crippen molar-refractivity contribution in [2.24, 2.45) is 5.92 Å². The van der Waals surface area contributed by atoms with Crippen LogP contribution in [-0.4, -0.2) is 32.8 Å². The summed E-state index contributed by atoms with van der Waals surface area (Å²) in [7, 11) is 1.64. The number of ether oxygens (including phenoxy) is 3. The van der Waals surface area contributed by atoms with Gasteiger partial charge in [-0.05, 0) is 30.0 Å². The van der Waals surface area contributed by atoms with E-state index in [0.717, 1.165) is 23.5 Å². The van der Waals surface area contributed by atoms with E-state index in [2.05, 4.69) is 19.2 Å². The van der Waals surface area contributed by atoms with E-state index in [9.17, 15) is 4.79 Å². The Morgan fingerprint density at radius 3 is 2.68 bits per heavy atom. The van der Waals surface area contributed by atoms with Gasteiger partial charge in [-0.2, -0.15) is 0 Å². The van der Waals surface area contributed by atoms with E-state index in [1.165, 1.54) is 0 Å². The number of fused-ring (bicyclic) bond motifs is 1. The molecule has 1 N–H and O–H groups in total. The van der Waals surface area contributed by atoms with Crippen molar-refractivity contribution < 1.29 is 19.0 Å². The van der Waals surface area contributed by atoms with Gasteiger partial charge in [0.1, 0.15) is 13.2 Å². The molecule has 1 heterocycles. The first-order valence-electron chi connectivity index (χ1n) is 7.79. The Labute approximate surface area is 131 Å². The van der Waals surface area contributed by atoms with Gasteiger partial charge >= 0.3 is 0 Å². The van der Waals surface area contributed by atoms with Crippen molar-refractivity contribution >= 4 is 5.91 Å². The van der Waals surface area contributed by atoms with E-state index in [4.69, 9.17) is 14.2 Å². The molecule has 122 valence electrons. The quantitative estimate of drug-likeness (QED) is 0.787. The zero-order chi connectivity index (χ0) is 15.9. The highest BCUT2D eigenvalue weighted by Gasteiger charge is 2.21. The molecular weight excluding hydrogens is 282 g/mol. The van der Waals surface area contributed by atoms with Crippen molar-refractivity contribution in [2.45, 2.75) is 32.7 Å². The van der Waals surface area contributed by atoms with Crippen LogP contribution >= 0.6 is 0 Å². The third-order valence-corrected chi connectivity index (χ3v) is 3.66. The lowest BCUT2D eigenvalue weighted by atomic mass is 9.95. The third-order valence-electron chi connectivity index (χ3n) is 3.66. The topological polar surface area (TPSA) is 56.8 Å². The lowest BCUT2D eigenvalue weighted by Gasteiger charge is -2.25. The molecule has 0 saturated carbocycles. The Morgan fingerprint density at radius 2 is 2.00 bits per heavy atom. The van der Waals surface area contributed by atoms with Crippen LogP contribution in [0.4, 0.5) is 0 Å². The van der Waals surface area contributed by atoms with Gasteiger partial charge in [-0.25, -0.2) is 0 Å². The average molecular weight is 307 g/mol. The monoisotopic (exact) mass is 307 g/mol. The molecule has 1 aromatic rings. The van der Waals surface area contributed by atoms with Crippen molar-refractivity contribution in [1.82, 2.24) is 5.32 Å². The van der Waals surface area contributed by atoms with Gasteiger partial charge in [0.05, 0.1) is 6.04 Å². The van der Waals surface area contributed by atoms with Gasteiger partial charge in [-0.15, -0.1) is 0 Å². The first kappa shape index (κ1) is 16.6. The molecule has 2 rings (SSSR count). The number of hydrogen-bond acceptors (Lipinski definition) is 4. The lowest BCUT2D eigenvalue weighted by molar-refractivity contribution is -0.122. The SMILES string of the molecule is COCCCC(=O)NC(c1ccc2c(c1)OCCO2)C(C)C. The lowest BCUT2D eigenvalue weighted by Crippen LogP contribution is -2.31. The van der Waals surface area contributed by atoms with E-state index >= 15 is 0 Å². The van der Waals surface area contributed by atoms with Crippen LogP contribution in [0, 0.1) is 5.92 Å². The second-order valence-electron chi connectivity index (χ2n) is 5.79. The fraction of sp³-hybridized carbons (Fsp3) is 0.588. The molecule has 0 spiro atoms. The van der Waals surface area contributed by atoms with Crippen LogP contribution in [0.25, 0.3) is 0 Å². The largest absolute Gasteiger partial charge is 0.486 e. The Bertz CT molecular complexity index is 501. The zero-order valence-corrected chi connectivity index (χ0v) is 13.6. The van der Waals surface area contributed by atoms with Crippen molar-refractivity contribution in [3.05, 3.63) is 23.8 Å². The maximum absolute atomic E-state index is 12.1. The summed E-state index contributed by atoms with van der Waals surface area (Å²) in [6.07, 6.45) is 1.20. The maximum atomic E-state index is 12.1. The van der Waals surface area contributed by atoms with Crippen molar-refractivity contribution in [3.63, 3.8) is 0 Å². The van der Waals surface area contributed by atoms with Gasteiger partial charge in [0, 0.05) is 20.1 Å². The van der Waals surface area contributed by atoms with Crippen LogP contribution in [0.5, 0.6) is 11.5 Å². The van der Waals surface area contributed by atoms with Gasteiger partial charge in [0.25, 0.3) is 0 Å². The number of carbonyl (C=O) groups is 1. The average Bonchev–Trinajstić information content (AvgIpc) is 2.52. The highest BCUT2D eigenvalue weighted by molar-refractivity contribution is 5.76. The molecule has 0 fully saturated rings. The molecule has 0 aromatic heterocycles. The molecule has 5 nitrogen and oxygen atoms in total. The van der Waals surface area contributed by atoms with Crippen molar-refractivity contribution in [2.75, 3.05) is 26.9 Å². The van der Waals surface area contributed by atoms with Crippen LogP contribution in [0.1, 0.15) is 38.3 Å². The summed E-state index contributed by atoms with van der Waals surface area (Å²) in [5, 5.41) is 3.11. The first-order chi connectivity index (χ1) is 10.6. The standard InChI is InChI=1S/C17H25NO4/c1-12(2)17(18-16(19)5-4-8-20-3)13-6-7-14-15(11-13)22-10-9-21-14/h6-7,11-12,17H,4-5,8-10H2,1-3H3,(H,18,19). The number of carbonyl (C=O) groups excluding carboxylic acids is 1. The summed E-state index contributed by atoms with van der Waals surface area (Å²) in [4.78, 5) is 12.1. The number of benzene rings is 1.